The molecule has 0 aromatic carbocycles. The molecule has 1 fully saturated rings. The first-order valence-electron chi connectivity index (χ1n) is 9.90. The third-order valence-corrected chi connectivity index (χ3v) is 5.30. The maximum absolute atomic E-state index is 10.5. The highest BCUT2D eigenvalue weighted by Gasteiger charge is 2.37. The minimum Gasteiger partial charge on any atom is -0.481 e. The summed E-state index contributed by atoms with van der Waals surface area (Å²) in [5.74, 6) is 0.0283. The van der Waals surface area contributed by atoms with Gasteiger partial charge in [0, 0.05) is 12.3 Å². The van der Waals surface area contributed by atoms with E-state index in [2.05, 4.69) is 13.0 Å². The lowest BCUT2D eigenvalue weighted by Gasteiger charge is -2.20. The summed E-state index contributed by atoms with van der Waals surface area (Å²) in [7, 11) is 0. The Hall–Kier alpha value is -1.17. The van der Waals surface area contributed by atoms with Crippen LogP contribution in [0.3, 0.4) is 0 Å². The van der Waals surface area contributed by atoms with Crippen LogP contribution in [0, 0.1) is 17.8 Å². The van der Waals surface area contributed by atoms with E-state index in [0.29, 0.717) is 31.1 Å². The van der Waals surface area contributed by atoms with Crippen molar-refractivity contribution in [2.45, 2.75) is 83.5 Å². The van der Waals surface area contributed by atoms with Crippen molar-refractivity contribution in [3.63, 3.8) is 0 Å². The Morgan fingerprint density at radius 1 is 1.19 bits per heavy atom. The first-order chi connectivity index (χ1) is 12.3. The molecule has 0 amide bonds. The number of carboxylic acid groups (broad SMARTS) is 1. The minimum atomic E-state index is -0.761. The maximum atomic E-state index is 10.5. The number of aliphatic carboxylic acids is 1. The van der Waals surface area contributed by atoms with Crippen molar-refractivity contribution in [2.24, 2.45) is 17.8 Å². The van der Waals surface area contributed by atoms with Crippen LogP contribution in [0.25, 0.3) is 0 Å². The first kappa shape index (κ1) is 22.9. The van der Waals surface area contributed by atoms with Crippen LogP contribution in [0.4, 0.5) is 0 Å². The van der Waals surface area contributed by atoms with Gasteiger partial charge in [-0.1, -0.05) is 31.2 Å². The molecule has 0 radical (unpaired) electrons. The van der Waals surface area contributed by atoms with E-state index in [1.807, 2.05) is 12.2 Å². The van der Waals surface area contributed by atoms with Gasteiger partial charge in [0.15, 0.2) is 0 Å². The fourth-order valence-electron chi connectivity index (χ4n) is 3.76. The van der Waals surface area contributed by atoms with E-state index < -0.39 is 12.1 Å². The summed E-state index contributed by atoms with van der Waals surface area (Å²) in [5, 5.41) is 38.3. The van der Waals surface area contributed by atoms with Crippen molar-refractivity contribution >= 4 is 5.97 Å². The second-order valence-corrected chi connectivity index (χ2v) is 7.75. The Labute approximate surface area is 157 Å². The molecule has 1 unspecified atom stereocenters. The summed E-state index contributed by atoms with van der Waals surface area (Å²) in [6.07, 6.45) is 11.9. The predicted octanol–water partition coefficient (Wildman–Crippen LogP) is 3.29. The molecule has 1 aliphatic rings. The van der Waals surface area contributed by atoms with Crippen molar-refractivity contribution in [1.29, 1.82) is 0 Å². The second-order valence-electron chi connectivity index (χ2n) is 7.75. The Kier molecular flexibility index (Phi) is 10.8. The molecule has 0 aromatic rings. The molecule has 5 nitrogen and oxygen atoms in total. The van der Waals surface area contributed by atoms with E-state index in [4.69, 9.17) is 5.11 Å². The van der Waals surface area contributed by atoms with Gasteiger partial charge in [-0.2, -0.15) is 0 Å². The molecule has 1 aliphatic carbocycles. The van der Waals surface area contributed by atoms with E-state index in [9.17, 15) is 20.1 Å². The summed E-state index contributed by atoms with van der Waals surface area (Å²) in [6, 6.07) is 0. The van der Waals surface area contributed by atoms with Gasteiger partial charge in [-0.3, -0.25) is 4.79 Å². The Bertz CT molecular complexity index is 457. The zero-order valence-corrected chi connectivity index (χ0v) is 16.1. The van der Waals surface area contributed by atoms with Crippen molar-refractivity contribution in [3.05, 3.63) is 24.3 Å². The predicted molar refractivity (Wildman–Crippen MR) is 103 cm³/mol. The average Bonchev–Trinajstić information content (AvgIpc) is 2.81. The fourth-order valence-corrected chi connectivity index (χ4v) is 3.76. The van der Waals surface area contributed by atoms with Crippen LogP contribution in [0.1, 0.15) is 65.2 Å². The molecule has 5 heteroatoms. The van der Waals surface area contributed by atoms with Crippen LogP contribution in [0.2, 0.25) is 0 Å². The number of carboxylic acids is 1. The second kappa shape index (κ2) is 12.3. The maximum Gasteiger partial charge on any atom is 0.303 e. The van der Waals surface area contributed by atoms with Crippen LogP contribution in [0.15, 0.2) is 24.3 Å². The number of rotatable bonds is 12. The quantitative estimate of drug-likeness (QED) is 0.313. The van der Waals surface area contributed by atoms with E-state index in [0.717, 1.165) is 25.7 Å². The molecule has 1 saturated carbocycles. The molecule has 0 spiro atoms. The number of aliphatic hydroxyl groups excluding tert-OH is 3. The Morgan fingerprint density at radius 3 is 2.58 bits per heavy atom. The molecule has 4 N–H and O–H groups in total. The lowest BCUT2D eigenvalue weighted by molar-refractivity contribution is -0.137. The highest BCUT2D eigenvalue weighted by molar-refractivity contribution is 5.66. The lowest BCUT2D eigenvalue weighted by atomic mass is 9.86. The number of carbonyl (C=O) groups is 1. The van der Waals surface area contributed by atoms with Crippen LogP contribution in [-0.4, -0.2) is 44.7 Å². The van der Waals surface area contributed by atoms with Crippen LogP contribution in [-0.2, 0) is 4.79 Å². The molecular weight excluding hydrogens is 332 g/mol. The average molecular weight is 369 g/mol. The number of unbranched alkanes of at least 4 members (excludes halogenated alkanes) is 1. The normalized spacial score (nSPS) is 28.8. The van der Waals surface area contributed by atoms with Gasteiger partial charge in [0.1, 0.15) is 0 Å². The molecule has 26 heavy (non-hydrogen) atoms. The lowest BCUT2D eigenvalue weighted by Crippen LogP contribution is -2.18. The fraction of sp³-hybridized carbons (Fsp3) is 0.762. The van der Waals surface area contributed by atoms with Crippen molar-refractivity contribution in [1.82, 2.24) is 0 Å². The third-order valence-electron chi connectivity index (χ3n) is 5.30. The van der Waals surface area contributed by atoms with Crippen molar-refractivity contribution in [2.75, 3.05) is 0 Å². The molecule has 0 aromatic heterocycles. The zero-order chi connectivity index (χ0) is 19.5. The van der Waals surface area contributed by atoms with Crippen molar-refractivity contribution < 1.29 is 25.2 Å². The summed E-state index contributed by atoms with van der Waals surface area (Å²) >= 11 is 0. The SMILES string of the molecule is C[C@@H]1C[C@@H](O)C(/C=C/[C@@H](O)CCC[C@@H](C)O)[C@H]1C/C=C\CCCC(=O)O. The summed E-state index contributed by atoms with van der Waals surface area (Å²) in [5.41, 5.74) is 0. The summed E-state index contributed by atoms with van der Waals surface area (Å²) in [6.45, 7) is 3.90. The Morgan fingerprint density at radius 2 is 1.92 bits per heavy atom. The van der Waals surface area contributed by atoms with Crippen LogP contribution >= 0.6 is 0 Å². The number of hydrogen-bond acceptors (Lipinski definition) is 4. The highest BCUT2D eigenvalue weighted by Crippen LogP contribution is 2.40. The molecule has 0 bridgehead atoms. The zero-order valence-electron chi connectivity index (χ0n) is 16.1. The summed E-state index contributed by atoms with van der Waals surface area (Å²) in [4.78, 5) is 10.5. The smallest absolute Gasteiger partial charge is 0.303 e. The highest BCUT2D eigenvalue weighted by atomic mass is 16.4. The minimum absolute atomic E-state index is 0.0417. The van der Waals surface area contributed by atoms with E-state index in [1.165, 1.54) is 0 Å². The standard InChI is InChI=1S/C21H36O5/c1-15-14-20(24)19(13-12-17(23)9-7-8-16(2)22)18(15)10-5-3-4-6-11-21(25)26/h3,5,12-13,15-20,22-24H,4,6-11,14H2,1-2H3,(H,25,26)/b5-3-,13-12+/t15-,16-,17+,18+,19?,20-/m1/s1. The van der Waals surface area contributed by atoms with Gasteiger partial charge in [0.2, 0.25) is 0 Å². The largest absolute Gasteiger partial charge is 0.481 e. The van der Waals surface area contributed by atoms with Gasteiger partial charge in [-0.05, 0) is 63.7 Å². The van der Waals surface area contributed by atoms with Crippen LogP contribution < -0.4 is 0 Å². The van der Waals surface area contributed by atoms with Gasteiger partial charge in [-0.25, -0.2) is 0 Å². The van der Waals surface area contributed by atoms with Gasteiger partial charge in [-0.15, -0.1) is 0 Å². The first-order valence-corrected chi connectivity index (χ1v) is 9.90. The molecule has 1 rings (SSSR count). The molecule has 0 aliphatic heterocycles. The number of aliphatic hydroxyl groups is 3. The van der Waals surface area contributed by atoms with E-state index in [-0.39, 0.29) is 24.5 Å². The van der Waals surface area contributed by atoms with Gasteiger partial charge >= 0.3 is 5.97 Å². The van der Waals surface area contributed by atoms with Gasteiger partial charge < -0.3 is 20.4 Å². The third kappa shape index (κ3) is 8.97. The molecule has 0 saturated heterocycles. The monoisotopic (exact) mass is 368 g/mol. The topological polar surface area (TPSA) is 98.0 Å². The van der Waals surface area contributed by atoms with Gasteiger partial charge in [0.25, 0.3) is 0 Å². The molecular formula is C21H36O5. The number of allylic oxidation sites excluding steroid dienone is 2. The van der Waals surface area contributed by atoms with Crippen molar-refractivity contribution in [3.8, 4) is 0 Å². The molecule has 6 atom stereocenters. The van der Waals surface area contributed by atoms with Gasteiger partial charge in [0.05, 0.1) is 18.3 Å². The summed E-state index contributed by atoms with van der Waals surface area (Å²) < 4.78 is 0. The molecule has 0 heterocycles. The Balaban J connectivity index is 2.46. The number of hydrogen-bond donors (Lipinski definition) is 4. The molecule has 150 valence electrons. The van der Waals surface area contributed by atoms with E-state index >= 15 is 0 Å². The van der Waals surface area contributed by atoms with E-state index in [1.54, 1.807) is 13.0 Å². The van der Waals surface area contributed by atoms with Crippen LogP contribution in [0.5, 0.6) is 0 Å².